The van der Waals surface area contributed by atoms with E-state index < -0.39 is 6.04 Å². The smallest absolute Gasteiger partial charge is 0.240 e. The first-order valence-corrected chi connectivity index (χ1v) is 8.54. The molecule has 0 aliphatic carbocycles. The van der Waals surface area contributed by atoms with Gasteiger partial charge in [0, 0.05) is 7.11 Å². The van der Waals surface area contributed by atoms with Crippen molar-refractivity contribution in [1.82, 2.24) is 5.32 Å². The maximum atomic E-state index is 12.4. The molecule has 0 aromatic heterocycles. The first-order chi connectivity index (χ1) is 12.2. The minimum atomic E-state index is -0.697. The van der Waals surface area contributed by atoms with E-state index in [0.29, 0.717) is 0 Å². The zero-order chi connectivity index (χ0) is 17.6. The molecule has 2 atom stereocenters. The summed E-state index contributed by atoms with van der Waals surface area (Å²) >= 11 is 0. The topological polar surface area (TPSA) is 73.6 Å². The molecule has 0 radical (unpaired) electrons. The van der Waals surface area contributed by atoms with Crippen molar-refractivity contribution in [3.8, 4) is 5.75 Å². The number of nitrogens with two attached hydrogens (primary N) is 1. The fourth-order valence-corrected chi connectivity index (χ4v) is 3.07. The van der Waals surface area contributed by atoms with Crippen LogP contribution < -0.4 is 15.8 Å². The van der Waals surface area contributed by atoms with E-state index in [2.05, 4.69) is 11.4 Å². The molecule has 5 heteroatoms. The number of hydrogen-bond acceptors (Lipinski definition) is 4. The number of ether oxygens (including phenoxy) is 2. The summed E-state index contributed by atoms with van der Waals surface area (Å²) in [6.45, 7) is 0.947. The molecule has 0 fully saturated rings. The molecule has 2 unspecified atom stereocenters. The highest BCUT2D eigenvalue weighted by Crippen LogP contribution is 2.30. The van der Waals surface area contributed by atoms with Crippen molar-refractivity contribution in [3.63, 3.8) is 0 Å². The lowest BCUT2D eigenvalue weighted by Crippen LogP contribution is -2.45. The fraction of sp³-hybridized carbons (Fsp3) is 0.350. The molecule has 3 N–H and O–H groups in total. The molecule has 0 saturated heterocycles. The Labute approximate surface area is 148 Å². The third kappa shape index (κ3) is 4.18. The van der Waals surface area contributed by atoms with Crippen LogP contribution in [0.5, 0.6) is 5.75 Å². The van der Waals surface area contributed by atoms with E-state index in [1.165, 1.54) is 12.7 Å². The third-order valence-corrected chi connectivity index (χ3v) is 4.37. The summed E-state index contributed by atoms with van der Waals surface area (Å²) in [5.41, 5.74) is 9.10. The van der Waals surface area contributed by atoms with Crippen LogP contribution in [0.3, 0.4) is 0 Å². The number of amides is 1. The molecule has 1 aliphatic heterocycles. The van der Waals surface area contributed by atoms with E-state index in [1.54, 1.807) is 0 Å². The van der Waals surface area contributed by atoms with Gasteiger partial charge >= 0.3 is 0 Å². The molecule has 2 aromatic rings. The molecular weight excluding hydrogens is 316 g/mol. The van der Waals surface area contributed by atoms with Crippen LogP contribution in [0, 0.1) is 0 Å². The standard InChI is InChI=1S/C20H24N2O3/c1-24-13-17(21)20(23)22-19(14-6-3-2-4-7-14)16-9-10-18-15(12-16)8-5-11-25-18/h2-4,6-7,9-10,12,17,19H,5,8,11,13,21H2,1H3,(H,22,23). The van der Waals surface area contributed by atoms with E-state index >= 15 is 0 Å². The molecule has 25 heavy (non-hydrogen) atoms. The van der Waals surface area contributed by atoms with Crippen LogP contribution >= 0.6 is 0 Å². The molecule has 0 bridgehead atoms. The largest absolute Gasteiger partial charge is 0.493 e. The number of rotatable bonds is 6. The molecule has 132 valence electrons. The Bertz CT molecular complexity index is 718. The Morgan fingerprint density at radius 1 is 1.24 bits per heavy atom. The summed E-state index contributed by atoms with van der Waals surface area (Å²) in [5.74, 6) is 0.703. The molecule has 1 heterocycles. The van der Waals surface area contributed by atoms with Gasteiger partial charge in [-0.1, -0.05) is 36.4 Å². The van der Waals surface area contributed by atoms with Crippen LogP contribution in [0.4, 0.5) is 0 Å². The van der Waals surface area contributed by atoms with Crippen LogP contribution in [0.15, 0.2) is 48.5 Å². The minimum Gasteiger partial charge on any atom is -0.493 e. The highest BCUT2D eigenvalue weighted by atomic mass is 16.5. The van der Waals surface area contributed by atoms with Crippen LogP contribution in [-0.2, 0) is 16.0 Å². The van der Waals surface area contributed by atoms with Gasteiger partial charge in [-0.25, -0.2) is 0 Å². The van der Waals surface area contributed by atoms with Gasteiger partial charge in [0.1, 0.15) is 11.8 Å². The molecule has 1 amide bonds. The van der Waals surface area contributed by atoms with Crippen molar-refractivity contribution in [2.24, 2.45) is 5.73 Å². The first kappa shape index (κ1) is 17.5. The summed E-state index contributed by atoms with van der Waals surface area (Å²) in [7, 11) is 1.53. The second kappa shape index (κ2) is 8.14. The van der Waals surface area contributed by atoms with Crippen LogP contribution in [0.2, 0.25) is 0 Å². The molecular formula is C20H24N2O3. The molecule has 0 saturated carbocycles. The molecule has 5 nitrogen and oxygen atoms in total. The van der Waals surface area contributed by atoms with Gasteiger partial charge in [-0.05, 0) is 41.7 Å². The van der Waals surface area contributed by atoms with Gasteiger partial charge in [0.15, 0.2) is 0 Å². The van der Waals surface area contributed by atoms with E-state index in [4.69, 9.17) is 15.2 Å². The average molecular weight is 340 g/mol. The van der Waals surface area contributed by atoms with Gasteiger partial charge in [-0.2, -0.15) is 0 Å². The number of methoxy groups -OCH3 is 1. The molecule has 1 aliphatic rings. The van der Waals surface area contributed by atoms with Crippen LogP contribution in [-0.4, -0.2) is 32.3 Å². The van der Waals surface area contributed by atoms with Crippen LogP contribution in [0.25, 0.3) is 0 Å². The van der Waals surface area contributed by atoms with E-state index in [0.717, 1.165) is 36.3 Å². The summed E-state index contributed by atoms with van der Waals surface area (Å²) in [5, 5.41) is 3.06. The Morgan fingerprint density at radius 2 is 2.04 bits per heavy atom. The lowest BCUT2D eigenvalue weighted by molar-refractivity contribution is -0.123. The summed E-state index contributed by atoms with van der Waals surface area (Å²) in [4.78, 5) is 12.4. The predicted octanol–water partition coefficient (Wildman–Crippen LogP) is 2.19. The van der Waals surface area contributed by atoms with Gasteiger partial charge in [0.05, 0.1) is 19.3 Å². The Kier molecular flexibility index (Phi) is 5.68. The molecule has 2 aromatic carbocycles. The van der Waals surface area contributed by atoms with Crippen molar-refractivity contribution in [1.29, 1.82) is 0 Å². The van der Waals surface area contributed by atoms with Gasteiger partial charge in [0.25, 0.3) is 0 Å². The van der Waals surface area contributed by atoms with Crippen molar-refractivity contribution in [2.45, 2.75) is 24.9 Å². The van der Waals surface area contributed by atoms with Crippen molar-refractivity contribution in [2.75, 3.05) is 20.3 Å². The van der Waals surface area contributed by atoms with Gasteiger partial charge in [0.2, 0.25) is 5.91 Å². The number of carbonyl (C=O) groups excluding carboxylic acids is 1. The zero-order valence-electron chi connectivity index (χ0n) is 14.4. The fourth-order valence-electron chi connectivity index (χ4n) is 3.07. The summed E-state index contributed by atoms with van der Waals surface area (Å²) in [6.07, 6.45) is 2.00. The summed E-state index contributed by atoms with van der Waals surface area (Å²) in [6, 6.07) is 15.0. The minimum absolute atomic E-state index is 0.186. The SMILES string of the molecule is COCC(N)C(=O)NC(c1ccccc1)c1ccc2c(c1)CCCO2. The number of hydrogen-bond donors (Lipinski definition) is 2. The Morgan fingerprint density at radius 3 is 2.80 bits per heavy atom. The number of fused-ring (bicyclic) bond motifs is 1. The van der Waals surface area contributed by atoms with Gasteiger partial charge < -0.3 is 20.5 Å². The first-order valence-electron chi connectivity index (χ1n) is 8.54. The maximum Gasteiger partial charge on any atom is 0.240 e. The highest BCUT2D eigenvalue weighted by molar-refractivity contribution is 5.82. The zero-order valence-corrected chi connectivity index (χ0v) is 14.4. The lowest BCUT2D eigenvalue weighted by Gasteiger charge is -2.24. The molecule has 3 rings (SSSR count). The van der Waals surface area contributed by atoms with E-state index in [9.17, 15) is 4.79 Å². The highest BCUT2D eigenvalue weighted by Gasteiger charge is 2.22. The summed E-state index contributed by atoms with van der Waals surface area (Å²) < 4.78 is 10.7. The predicted molar refractivity (Wildman–Crippen MR) is 96.5 cm³/mol. The average Bonchev–Trinajstić information content (AvgIpc) is 2.66. The van der Waals surface area contributed by atoms with Crippen molar-refractivity contribution < 1.29 is 14.3 Å². The number of aryl methyl sites for hydroxylation is 1. The Balaban J connectivity index is 1.90. The number of carbonyl (C=O) groups is 1. The number of nitrogens with one attached hydrogen (secondary N) is 1. The Hall–Kier alpha value is -2.37. The van der Waals surface area contributed by atoms with Gasteiger partial charge in [-0.3, -0.25) is 4.79 Å². The normalized spacial score (nSPS) is 15.6. The van der Waals surface area contributed by atoms with Crippen molar-refractivity contribution >= 4 is 5.91 Å². The van der Waals surface area contributed by atoms with E-state index in [-0.39, 0.29) is 18.6 Å². The van der Waals surface area contributed by atoms with Crippen LogP contribution in [0.1, 0.15) is 29.2 Å². The monoisotopic (exact) mass is 340 g/mol. The molecule has 0 spiro atoms. The second-order valence-corrected chi connectivity index (χ2v) is 6.23. The second-order valence-electron chi connectivity index (χ2n) is 6.23. The van der Waals surface area contributed by atoms with Crippen molar-refractivity contribution in [3.05, 3.63) is 65.2 Å². The van der Waals surface area contributed by atoms with E-state index in [1.807, 2.05) is 42.5 Å². The number of benzene rings is 2. The third-order valence-electron chi connectivity index (χ3n) is 4.37. The van der Waals surface area contributed by atoms with Gasteiger partial charge in [-0.15, -0.1) is 0 Å². The lowest BCUT2D eigenvalue weighted by atomic mass is 9.94. The maximum absolute atomic E-state index is 12.4. The quantitative estimate of drug-likeness (QED) is 0.845.